The van der Waals surface area contributed by atoms with Crippen LogP contribution >= 0.6 is 0 Å². The summed E-state index contributed by atoms with van der Waals surface area (Å²) in [5.41, 5.74) is 0.898. The number of aliphatic carboxylic acids is 1. The Morgan fingerprint density at radius 2 is 1.75 bits per heavy atom. The Kier molecular flexibility index (Phi) is 17.7. The third kappa shape index (κ3) is 12.9. The van der Waals surface area contributed by atoms with Gasteiger partial charge in [0.1, 0.15) is 0 Å². The van der Waals surface area contributed by atoms with Crippen LogP contribution in [0.4, 0.5) is 0 Å². The minimum absolute atomic E-state index is 0. The molecule has 0 saturated carbocycles. The Morgan fingerprint density at radius 1 is 1.31 bits per heavy atom. The summed E-state index contributed by atoms with van der Waals surface area (Å²) < 4.78 is 0. The first kappa shape index (κ1) is 20.4. The Hall–Kier alpha value is -1.07. The van der Waals surface area contributed by atoms with E-state index in [-0.39, 0.29) is 40.1 Å². The van der Waals surface area contributed by atoms with Crippen molar-refractivity contribution >= 4 is 12.0 Å². The molecule has 0 aromatic heterocycles. The zero-order chi connectivity index (χ0) is 10.8. The second kappa shape index (κ2) is 13.9. The molecule has 1 N–H and O–H groups in total. The third-order valence-corrected chi connectivity index (χ3v) is 1.22. The summed E-state index contributed by atoms with van der Waals surface area (Å²) in [6.45, 7) is 0. The van der Waals surface area contributed by atoms with Crippen LogP contribution in [0.2, 0.25) is 0 Å². The van der Waals surface area contributed by atoms with Crippen molar-refractivity contribution in [3.63, 3.8) is 0 Å². The van der Waals surface area contributed by atoms with Crippen molar-refractivity contribution in [2.45, 2.75) is 0 Å². The van der Waals surface area contributed by atoms with Crippen LogP contribution in [0.5, 0.6) is 0 Å². The molecule has 0 bridgehead atoms. The van der Waals surface area contributed by atoms with Crippen molar-refractivity contribution in [3.8, 4) is 0 Å². The van der Waals surface area contributed by atoms with Crippen LogP contribution in [0.1, 0.15) is 5.56 Å². The molecule has 0 fully saturated rings. The monoisotopic (exact) mass is 298 g/mol. The molecule has 0 atom stereocenters. The molecule has 1 radical (unpaired) electrons. The van der Waals surface area contributed by atoms with Crippen molar-refractivity contribution in [1.29, 1.82) is 0 Å². The van der Waals surface area contributed by atoms with E-state index in [2.05, 4.69) is 0 Å². The molecule has 0 saturated heterocycles. The summed E-state index contributed by atoms with van der Waals surface area (Å²) >= 11 is 0. The summed E-state index contributed by atoms with van der Waals surface area (Å²) in [5.74, 6) is -0.922. The van der Waals surface area contributed by atoms with Crippen LogP contribution in [0.15, 0.2) is 41.7 Å². The first-order chi connectivity index (χ1) is 6.70. The smallest absolute Gasteiger partial charge is 0.328 e. The maximum absolute atomic E-state index is 10.1. The summed E-state index contributed by atoms with van der Waals surface area (Å²) in [4.78, 5) is 18.1. The number of carbonyl (C=O) groups is 1. The van der Waals surface area contributed by atoms with Crippen LogP contribution in [0, 0.1) is 17.5 Å². The molecule has 5 nitrogen and oxygen atoms in total. The predicted molar refractivity (Wildman–Crippen MR) is 58.7 cm³/mol. The van der Waals surface area contributed by atoms with Gasteiger partial charge in [-0.2, -0.15) is 0 Å². The number of hydrogen-bond acceptors (Lipinski definition) is 4. The largest absolute Gasteiger partial charge is 0.478 e. The molecule has 16 heavy (non-hydrogen) atoms. The molecule has 1 rings (SSSR count). The molecule has 0 aliphatic heterocycles. The number of carboxylic acid groups (broad SMARTS) is 1. The number of hydrogen-bond donors (Lipinski definition) is 1. The SMILES string of the molecule is O=C(O)/C=C/c1ccccc1.O=N[O-].[CH3-].[Y]. The van der Waals surface area contributed by atoms with E-state index >= 15 is 0 Å². The summed E-state index contributed by atoms with van der Waals surface area (Å²) in [6, 6.07) is 9.31. The standard InChI is InChI=1S/C9H8O2.CH3.HNO2.Y/c10-9(11)7-6-8-4-2-1-3-5-8;;2-1-3;/h1-7H,(H,10,11);1H3;(H,2,3);/q;-1;;/p-1/b7-6+;;;. The van der Waals surface area contributed by atoms with Crippen LogP contribution < -0.4 is 0 Å². The quantitative estimate of drug-likeness (QED) is 0.393. The topological polar surface area (TPSA) is 89.8 Å². The number of nitrogens with zero attached hydrogens (tertiary/aromatic N) is 1. The Bertz CT molecular complexity index is 314. The molecule has 1 aromatic rings. The fourth-order valence-corrected chi connectivity index (χ4v) is 0.732. The zero-order valence-corrected chi connectivity index (χ0v) is 11.6. The number of benzene rings is 1. The Morgan fingerprint density at radius 3 is 2.12 bits per heavy atom. The molecule has 0 aliphatic rings. The van der Waals surface area contributed by atoms with Crippen molar-refractivity contribution in [3.05, 3.63) is 59.5 Å². The Labute approximate surface area is 119 Å². The Balaban J connectivity index is -0.000000306. The average molecular weight is 298 g/mol. The molecular formula is C10H11NO4Y-2. The van der Waals surface area contributed by atoms with E-state index < -0.39 is 5.97 Å². The van der Waals surface area contributed by atoms with E-state index in [1.54, 1.807) is 6.08 Å². The molecule has 0 spiro atoms. The summed E-state index contributed by atoms with van der Waals surface area (Å²) in [5, 5.41) is 17.3. The summed E-state index contributed by atoms with van der Waals surface area (Å²) in [7, 11) is 0. The van der Waals surface area contributed by atoms with Crippen LogP contribution in [0.3, 0.4) is 0 Å². The van der Waals surface area contributed by atoms with Gasteiger partial charge in [0.15, 0.2) is 0 Å². The molecule has 1 aromatic carbocycles. The fraction of sp³-hybridized carbons (Fsp3) is 0. The van der Waals surface area contributed by atoms with Gasteiger partial charge >= 0.3 is 5.97 Å². The molecule has 85 valence electrons. The molecule has 0 amide bonds. The van der Waals surface area contributed by atoms with Gasteiger partial charge in [-0.05, 0) is 11.6 Å². The van der Waals surface area contributed by atoms with E-state index in [4.69, 9.17) is 15.2 Å². The molecule has 0 heterocycles. The van der Waals surface area contributed by atoms with Crippen LogP contribution in [-0.2, 0) is 37.5 Å². The second-order valence-electron chi connectivity index (χ2n) is 2.16. The van der Waals surface area contributed by atoms with Gasteiger partial charge in [0, 0.05) is 38.8 Å². The molecular weight excluding hydrogens is 287 g/mol. The van der Waals surface area contributed by atoms with E-state index in [9.17, 15) is 4.79 Å². The van der Waals surface area contributed by atoms with Gasteiger partial charge < -0.3 is 22.6 Å². The maximum Gasteiger partial charge on any atom is 0.328 e. The van der Waals surface area contributed by atoms with Gasteiger partial charge in [-0.25, -0.2) is 4.79 Å². The molecule has 0 unspecified atom stereocenters. The van der Waals surface area contributed by atoms with E-state index in [1.807, 2.05) is 30.3 Å². The van der Waals surface area contributed by atoms with Crippen molar-refractivity contribution in [2.24, 2.45) is 5.34 Å². The first-order valence-electron chi connectivity index (χ1n) is 3.61. The minimum atomic E-state index is -0.922. The third-order valence-electron chi connectivity index (χ3n) is 1.22. The van der Waals surface area contributed by atoms with E-state index in [0.717, 1.165) is 17.0 Å². The zero-order valence-electron chi connectivity index (χ0n) is 8.74. The normalized spacial score (nSPS) is 7.75. The minimum Gasteiger partial charge on any atom is -0.478 e. The van der Waals surface area contributed by atoms with Gasteiger partial charge in [-0.1, -0.05) is 30.3 Å². The van der Waals surface area contributed by atoms with E-state index in [0.29, 0.717) is 0 Å². The average Bonchev–Trinajstić information content (AvgIpc) is 2.18. The van der Waals surface area contributed by atoms with Gasteiger partial charge in [0.05, 0.1) is 0 Å². The van der Waals surface area contributed by atoms with Gasteiger partial charge in [0.25, 0.3) is 0 Å². The second-order valence-corrected chi connectivity index (χ2v) is 2.16. The van der Waals surface area contributed by atoms with Gasteiger partial charge in [-0.15, -0.1) is 5.34 Å². The fourth-order valence-electron chi connectivity index (χ4n) is 0.732. The maximum atomic E-state index is 10.1. The van der Waals surface area contributed by atoms with Crippen molar-refractivity contribution in [1.82, 2.24) is 0 Å². The van der Waals surface area contributed by atoms with Crippen molar-refractivity contribution < 1.29 is 42.6 Å². The summed E-state index contributed by atoms with van der Waals surface area (Å²) in [6.07, 6.45) is 2.68. The predicted octanol–water partition coefficient (Wildman–Crippen LogP) is 2.48. The van der Waals surface area contributed by atoms with E-state index in [1.165, 1.54) is 0 Å². The molecule has 0 aliphatic carbocycles. The van der Waals surface area contributed by atoms with Crippen LogP contribution in [-0.4, -0.2) is 11.1 Å². The number of carboxylic acids is 1. The van der Waals surface area contributed by atoms with Crippen LogP contribution in [0.25, 0.3) is 6.08 Å². The molecule has 6 heteroatoms. The first-order valence-corrected chi connectivity index (χ1v) is 3.61. The van der Waals surface area contributed by atoms with Gasteiger partial charge in [0.2, 0.25) is 0 Å². The van der Waals surface area contributed by atoms with Gasteiger partial charge in [-0.3, -0.25) is 0 Å². The number of rotatable bonds is 2. The van der Waals surface area contributed by atoms with Crippen molar-refractivity contribution in [2.75, 3.05) is 0 Å².